The summed E-state index contributed by atoms with van der Waals surface area (Å²) in [5.74, 6) is 1.43. The number of ether oxygens (including phenoxy) is 1. The van der Waals surface area contributed by atoms with Crippen molar-refractivity contribution < 1.29 is 4.74 Å². The summed E-state index contributed by atoms with van der Waals surface area (Å²) in [5.41, 5.74) is 1.18. The molecule has 0 amide bonds. The summed E-state index contributed by atoms with van der Waals surface area (Å²) in [4.78, 5) is 0. The lowest BCUT2D eigenvalue weighted by Crippen LogP contribution is -2.33. The largest absolute Gasteiger partial charge is 0.492 e. The Balaban J connectivity index is 1.90. The second kappa shape index (κ2) is 5.55. The van der Waals surface area contributed by atoms with Crippen LogP contribution < -0.4 is 10.1 Å². The number of halogens is 1. The van der Waals surface area contributed by atoms with Crippen LogP contribution in [0.15, 0.2) is 18.2 Å². The van der Waals surface area contributed by atoms with Crippen LogP contribution in [0.3, 0.4) is 0 Å². The number of aryl methyl sites for hydroxylation is 1. The maximum Gasteiger partial charge on any atom is 0.138 e. The molecule has 0 spiro atoms. The minimum atomic E-state index is 0.616. The normalized spacial score (nSPS) is 20.8. The number of piperidine rings is 1. The first-order chi connectivity index (χ1) is 7.75. The smallest absolute Gasteiger partial charge is 0.138 e. The van der Waals surface area contributed by atoms with E-state index in [9.17, 15) is 0 Å². The molecule has 0 aliphatic carbocycles. The number of hydrogen-bond donors (Lipinski definition) is 1. The van der Waals surface area contributed by atoms with Gasteiger partial charge in [-0.2, -0.15) is 0 Å². The molecule has 1 aliphatic heterocycles. The van der Waals surface area contributed by atoms with Gasteiger partial charge in [-0.15, -0.1) is 0 Å². The third-order valence-corrected chi connectivity index (χ3v) is 3.27. The van der Waals surface area contributed by atoms with Gasteiger partial charge in [0.05, 0.1) is 11.6 Å². The molecule has 1 aromatic rings. The average molecular weight is 240 g/mol. The van der Waals surface area contributed by atoms with Crippen LogP contribution in [0.2, 0.25) is 5.02 Å². The van der Waals surface area contributed by atoms with Gasteiger partial charge in [0.15, 0.2) is 0 Å². The van der Waals surface area contributed by atoms with E-state index in [0.717, 1.165) is 25.4 Å². The van der Waals surface area contributed by atoms with Gasteiger partial charge in [0.2, 0.25) is 0 Å². The summed E-state index contributed by atoms with van der Waals surface area (Å²) in [7, 11) is 0. The molecule has 1 heterocycles. The van der Waals surface area contributed by atoms with Crippen LogP contribution >= 0.6 is 11.6 Å². The zero-order valence-corrected chi connectivity index (χ0v) is 10.4. The second-order valence-corrected chi connectivity index (χ2v) is 4.86. The SMILES string of the molecule is Cc1ccc(Cl)c(OC[C@@H]2CCCNC2)c1. The Morgan fingerprint density at radius 1 is 1.50 bits per heavy atom. The maximum absolute atomic E-state index is 6.07. The highest BCUT2D eigenvalue weighted by Gasteiger charge is 2.14. The summed E-state index contributed by atoms with van der Waals surface area (Å²) in [6.45, 7) is 5.01. The van der Waals surface area contributed by atoms with Crippen molar-refractivity contribution in [3.63, 3.8) is 0 Å². The lowest BCUT2D eigenvalue weighted by Gasteiger charge is -2.23. The maximum atomic E-state index is 6.07. The van der Waals surface area contributed by atoms with Crippen molar-refractivity contribution in [2.24, 2.45) is 5.92 Å². The Hall–Kier alpha value is -0.730. The van der Waals surface area contributed by atoms with Gasteiger partial charge in [0, 0.05) is 12.5 Å². The lowest BCUT2D eigenvalue weighted by molar-refractivity contribution is 0.218. The average Bonchev–Trinajstić information content (AvgIpc) is 2.32. The fourth-order valence-corrected chi connectivity index (χ4v) is 2.17. The zero-order chi connectivity index (χ0) is 11.4. The predicted octanol–water partition coefficient (Wildman–Crippen LogP) is 3.03. The van der Waals surface area contributed by atoms with Crippen molar-refractivity contribution in [1.82, 2.24) is 5.32 Å². The van der Waals surface area contributed by atoms with Crippen LogP contribution in [0.4, 0.5) is 0 Å². The quantitative estimate of drug-likeness (QED) is 0.876. The highest BCUT2D eigenvalue weighted by Crippen LogP contribution is 2.26. The Labute approximate surface area is 102 Å². The standard InChI is InChI=1S/C13H18ClNO/c1-10-4-5-12(14)13(7-10)16-9-11-3-2-6-15-8-11/h4-5,7,11,15H,2-3,6,8-9H2,1H3/t11-/m1/s1. The monoisotopic (exact) mass is 239 g/mol. The Kier molecular flexibility index (Phi) is 4.08. The molecule has 88 valence electrons. The predicted molar refractivity (Wildman–Crippen MR) is 67.3 cm³/mol. The van der Waals surface area contributed by atoms with E-state index >= 15 is 0 Å². The highest BCUT2D eigenvalue weighted by molar-refractivity contribution is 6.32. The molecule has 0 unspecified atom stereocenters. The van der Waals surface area contributed by atoms with E-state index in [1.165, 1.54) is 18.4 Å². The van der Waals surface area contributed by atoms with Crippen LogP contribution in [-0.2, 0) is 0 Å². The molecule has 2 nitrogen and oxygen atoms in total. The highest BCUT2D eigenvalue weighted by atomic mass is 35.5. The third kappa shape index (κ3) is 3.13. The van der Waals surface area contributed by atoms with E-state index in [0.29, 0.717) is 10.9 Å². The van der Waals surface area contributed by atoms with Crippen molar-refractivity contribution in [1.29, 1.82) is 0 Å². The third-order valence-electron chi connectivity index (χ3n) is 2.96. The van der Waals surface area contributed by atoms with Gasteiger partial charge >= 0.3 is 0 Å². The number of rotatable bonds is 3. The molecule has 1 fully saturated rings. The van der Waals surface area contributed by atoms with Gasteiger partial charge in [0.1, 0.15) is 5.75 Å². The van der Waals surface area contributed by atoms with Crippen LogP contribution in [-0.4, -0.2) is 19.7 Å². The van der Waals surface area contributed by atoms with Gasteiger partial charge in [-0.3, -0.25) is 0 Å². The van der Waals surface area contributed by atoms with E-state index in [4.69, 9.17) is 16.3 Å². The molecule has 0 aromatic heterocycles. The summed E-state index contributed by atoms with van der Waals surface area (Å²) in [5, 5.41) is 4.09. The Bertz CT molecular complexity index is 348. The van der Waals surface area contributed by atoms with Crippen LogP contribution in [0.25, 0.3) is 0 Å². The first-order valence-corrected chi connectivity index (χ1v) is 6.23. The Morgan fingerprint density at radius 3 is 3.12 bits per heavy atom. The topological polar surface area (TPSA) is 21.3 Å². The lowest BCUT2D eigenvalue weighted by atomic mass is 10.0. The van der Waals surface area contributed by atoms with Crippen molar-refractivity contribution in [2.45, 2.75) is 19.8 Å². The van der Waals surface area contributed by atoms with Gasteiger partial charge in [-0.25, -0.2) is 0 Å². The molecule has 0 saturated carbocycles. The van der Waals surface area contributed by atoms with E-state index in [2.05, 4.69) is 5.32 Å². The van der Waals surface area contributed by atoms with E-state index in [1.54, 1.807) is 0 Å². The molecular weight excluding hydrogens is 222 g/mol. The molecule has 1 atom stereocenters. The van der Waals surface area contributed by atoms with Crippen LogP contribution in [0.1, 0.15) is 18.4 Å². The summed E-state index contributed by atoms with van der Waals surface area (Å²) in [6, 6.07) is 5.89. The fraction of sp³-hybridized carbons (Fsp3) is 0.538. The minimum Gasteiger partial charge on any atom is -0.492 e. The van der Waals surface area contributed by atoms with Gasteiger partial charge in [-0.1, -0.05) is 17.7 Å². The minimum absolute atomic E-state index is 0.616. The first kappa shape index (κ1) is 11.7. The van der Waals surface area contributed by atoms with E-state index < -0.39 is 0 Å². The zero-order valence-electron chi connectivity index (χ0n) is 9.63. The molecular formula is C13H18ClNO. The number of benzene rings is 1. The summed E-state index contributed by atoms with van der Waals surface area (Å²) in [6.07, 6.45) is 2.49. The Morgan fingerprint density at radius 2 is 2.38 bits per heavy atom. The molecule has 1 aromatic carbocycles. The molecule has 1 aliphatic rings. The van der Waals surface area contributed by atoms with Crippen LogP contribution in [0, 0.1) is 12.8 Å². The molecule has 3 heteroatoms. The summed E-state index contributed by atoms with van der Waals surface area (Å²) >= 11 is 6.07. The van der Waals surface area contributed by atoms with Crippen molar-refractivity contribution in [3.05, 3.63) is 28.8 Å². The van der Waals surface area contributed by atoms with Crippen molar-refractivity contribution in [2.75, 3.05) is 19.7 Å². The number of nitrogens with one attached hydrogen (secondary N) is 1. The summed E-state index contributed by atoms with van der Waals surface area (Å²) < 4.78 is 5.79. The van der Waals surface area contributed by atoms with Crippen molar-refractivity contribution in [3.8, 4) is 5.75 Å². The second-order valence-electron chi connectivity index (χ2n) is 4.46. The molecule has 2 rings (SSSR count). The first-order valence-electron chi connectivity index (χ1n) is 5.85. The van der Waals surface area contributed by atoms with E-state index in [-0.39, 0.29) is 0 Å². The van der Waals surface area contributed by atoms with Gasteiger partial charge in [-0.05, 0) is 44.0 Å². The molecule has 16 heavy (non-hydrogen) atoms. The van der Waals surface area contributed by atoms with Gasteiger partial charge < -0.3 is 10.1 Å². The molecule has 1 saturated heterocycles. The molecule has 1 N–H and O–H groups in total. The van der Waals surface area contributed by atoms with Crippen molar-refractivity contribution >= 4 is 11.6 Å². The molecule has 0 bridgehead atoms. The van der Waals surface area contributed by atoms with E-state index in [1.807, 2.05) is 25.1 Å². The van der Waals surface area contributed by atoms with Gasteiger partial charge in [0.25, 0.3) is 0 Å². The fourth-order valence-electron chi connectivity index (χ4n) is 2.00. The van der Waals surface area contributed by atoms with Crippen LogP contribution in [0.5, 0.6) is 5.75 Å². The molecule has 0 radical (unpaired) electrons. The number of hydrogen-bond acceptors (Lipinski definition) is 2.